The standard InChI is InChI=1S/C17H16F2N2O2/c18-14-8-4-7-13(16(14)19)17(23)21(10-9-15(20)22)11-12-5-2-1-3-6-12/h1-8H,9-11H2,(H2,20,22). The van der Waals surface area contributed by atoms with E-state index in [0.717, 1.165) is 11.6 Å². The van der Waals surface area contributed by atoms with Gasteiger partial charge in [-0.25, -0.2) is 8.78 Å². The van der Waals surface area contributed by atoms with Gasteiger partial charge < -0.3 is 10.6 Å². The van der Waals surface area contributed by atoms with Crippen LogP contribution in [0.1, 0.15) is 22.3 Å². The molecule has 0 unspecified atom stereocenters. The van der Waals surface area contributed by atoms with Crippen LogP contribution in [0.5, 0.6) is 0 Å². The number of benzene rings is 2. The molecule has 0 aliphatic rings. The molecule has 2 aromatic rings. The number of carbonyl (C=O) groups excluding carboxylic acids is 2. The summed E-state index contributed by atoms with van der Waals surface area (Å²) in [6, 6.07) is 12.4. The normalized spacial score (nSPS) is 10.3. The summed E-state index contributed by atoms with van der Waals surface area (Å²) in [6.07, 6.45) is -0.0600. The Hall–Kier alpha value is -2.76. The molecular weight excluding hydrogens is 302 g/mol. The number of nitrogens with zero attached hydrogens (tertiary/aromatic N) is 1. The van der Waals surface area contributed by atoms with Gasteiger partial charge in [-0.15, -0.1) is 0 Å². The van der Waals surface area contributed by atoms with E-state index in [1.54, 1.807) is 24.3 Å². The van der Waals surface area contributed by atoms with Crippen LogP contribution in [0, 0.1) is 11.6 Å². The molecule has 0 saturated heterocycles. The summed E-state index contributed by atoms with van der Waals surface area (Å²) in [5.74, 6) is -3.55. The summed E-state index contributed by atoms with van der Waals surface area (Å²) in [4.78, 5) is 24.8. The van der Waals surface area contributed by atoms with Crippen LogP contribution in [0.2, 0.25) is 0 Å². The molecule has 6 heteroatoms. The molecule has 0 fully saturated rings. The maximum atomic E-state index is 13.8. The van der Waals surface area contributed by atoms with Crippen molar-refractivity contribution in [2.45, 2.75) is 13.0 Å². The number of nitrogens with two attached hydrogens (primary N) is 1. The lowest BCUT2D eigenvalue weighted by atomic mass is 10.1. The molecule has 120 valence electrons. The molecule has 0 aliphatic carbocycles. The highest BCUT2D eigenvalue weighted by Crippen LogP contribution is 2.16. The third kappa shape index (κ3) is 4.35. The van der Waals surface area contributed by atoms with E-state index in [-0.39, 0.29) is 25.1 Å². The van der Waals surface area contributed by atoms with Crippen LogP contribution in [-0.4, -0.2) is 23.3 Å². The Morgan fingerprint density at radius 1 is 1.00 bits per heavy atom. The van der Waals surface area contributed by atoms with Crippen molar-refractivity contribution < 1.29 is 18.4 Å². The topological polar surface area (TPSA) is 63.4 Å². The third-order valence-corrected chi connectivity index (χ3v) is 3.31. The van der Waals surface area contributed by atoms with E-state index < -0.39 is 23.4 Å². The Labute approximate surface area is 132 Å². The first kappa shape index (κ1) is 16.6. The molecule has 0 spiro atoms. The lowest BCUT2D eigenvalue weighted by molar-refractivity contribution is -0.118. The maximum absolute atomic E-state index is 13.8. The predicted molar refractivity (Wildman–Crippen MR) is 81.4 cm³/mol. The molecule has 0 heterocycles. The zero-order chi connectivity index (χ0) is 16.8. The average Bonchev–Trinajstić information content (AvgIpc) is 2.54. The van der Waals surface area contributed by atoms with Crippen molar-refractivity contribution >= 4 is 11.8 Å². The summed E-state index contributed by atoms with van der Waals surface area (Å²) in [5, 5.41) is 0. The van der Waals surface area contributed by atoms with Gasteiger partial charge in [-0.05, 0) is 17.7 Å². The molecule has 2 aromatic carbocycles. The first-order valence-corrected chi connectivity index (χ1v) is 7.04. The number of primary amides is 1. The Bertz CT molecular complexity index is 705. The van der Waals surface area contributed by atoms with Gasteiger partial charge in [0.1, 0.15) is 0 Å². The van der Waals surface area contributed by atoms with Crippen molar-refractivity contribution in [1.29, 1.82) is 0 Å². The summed E-state index contributed by atoms with van der Waals surface area (Å²) >= 11 is 0. The molecule has 23 heavy (non-hydrogen) atoms. The Morgan fingerprint density at radius 2 is 1.70 bits per heavy atom. The van der Waals surface area contributed by atoms with Gasteiger partial charge in [-0.1, -0.05) is 36.4 Å². The van der Waals surface area contributed by atoms with E-state index >= 15 is 0 Å². The minimum atomic E-state index is -1.20. The average molecular weight is 318 g/mol. The number of carbonyl (C=O) groups is 2. The minimum Gasteiger partial charge on any atom is -0.370 e. The highest BCUT2D eigenvalue weighted by molar-refractivity contribution is 5.94. The van der Waals surface area contributed by atoms with E-state index in [4.69, 9.17) is 5.73 Å². The van der Waals surface area contributed by atoms with Gasteiger partial charge in [0.25, 0.3) is 5.91 Å². The van der Waals surface area contributed by atoms with Gasteiger partial charge in [0.15, 0.2) is 11.6 Å². The number of rotatable bonds is 6. The van der Waals surface area contributed by atoms with Crippen molar-refractivity contribution in [1.82, 2.24) is 4.90 Å². The summed E-state index contributed by atoms with van der Waals surface area (Å²) in [7, 11) is 0. The summed E-state index contributed by atoms with van der Waals surface area (Å²) < 4.78 is 27.2. The Balaban J connectivity index is 2.26. The number of hydrogen-bond acceptors (Lipinski definition) is 2. The maximum Gasteiger partial charge on any atom is 0.257 e. The molecule has 0 aromatic heterocycles. The number of hydrogen-bond donors (Lipinski definition) is 1. The molecule has 2 amide bonds. The fraction of sp³-hybridized carbons (Fsp3) is 0.176. The molecule has 0 bridgehead atoms. The fourth-order valence-corrected chi connectivity index (χ4v) is 2.14. The van der Waals surface area contributed by atoms with Gasteiger partial charge in [0.05, 0.1) is 5.56 Å². The molecule has 4 nitrogen and oxygen atoms in total. The quantitative estimate of drug-likeness (QED) is 0.889. The van der Waals surface area contributed by atoms with E-state index in [9.17, 15) is 18.4 Å². The van der Waals surface area contributed by atoms with Gasteiger partial charge >= 0.3 is 0 Å². The lowest BCUT2D eigenvalue weighted by Crippen LogP contribution is -2.34. The van der Waals surface area contributed by atoms with Gasteiger partial charge in [0.2, 0.25) is 5.91 Å². The van der Waals surface area contributed by atoms with Crippen LogP contribution >= 0.6 is 0 Å². The van der Waals surface area contributed by atoms with Crippen molar-refractivity contribution in [3.05, 3.63) is 71.3 Å². The zero-order valence-electron chi connectivity index (χ0n) is 12.3. The van der Waals surface area contributed by atoms with Crippen LogP contribution in [0.25, 0.3) is 0 Å². The minimum absolute atomic E-state index is 0.0268. The van der Waals surface area contributed by atoms with Gasteiger partial charge in [0, 0.05) is 19.5 Å². The highest BCUT2D eigenvalue weighted by Gasteiger charge is 2.21. The van der Waals surface area contributed by atoms with E-state index in [2.05, 4.69) is 0 Å². The highest BCUT2D eigenvalue weighted by atomic mass is 19.2. The molecule has 0 aliphatic heterocycles. The second kappa shape index (κ2) is 7.49. The van der Waals surface area contributed by atoms with Crippen molar-refractivity contribution in [2.24, 2.45) is 5.73 Å². The van der Waals surface area contributed by atoms with Crippen molar-refractivity contribution in [2.75, 3.05) is 6.54 Å². The molecular formula is C17H16F2N2O2. The van der Waals surface area contributed by atoms with Gasteiger partial charge in [-0.2, -0.15) is 0 Å². The largest absolute Gasteiger partial charge is 0.370 e. The molecule has 0 saturated carbocycles. The van der Waals surface area contributed by atoms with Crippen LogP contribution in [0.3, 0.4) is 0 Å². The first-order chi connectivity index (χ1) is 11.0. The summed E-state index contributed by atoms with van der Waals surface area (Å²) in [6.45, 7) is 0.196. The first-order valence-electron chi connectivity index (χ1n) is 7.04. The monoisotopic (exact) mass is 318 g/mol. The van der Waals surface area contributed by atoms with Crippen LogP contribution in [0.4, 0.5) is 8.78 Å². The molecule has 0 radical (unpaired) electrons. The smallest absolute Gasteiger partial charge is 0.257 e. The lowest BCUT2D eigenvalue weighted by Gasteiger charge is -2.22. The third-order valence-electron chi connectivity index (χ3n) is 3.31. The molecule has 2 N–H and O–H groups in total. The van der Waals surface area contributed by atoms with Crippen LogP contribution in [0.15, 0.2) is 48.5 Å². The van der Waals surface area contributed by atoms with E-state index in [1.165, 1.54) is 17.0 Å². The second-order valence-electron chi connectivity index (χ2n) is 5.03. The van der Waals surface area contributed by atoms with Crippen molar-refractivity contribution in [3.63, 3.8) is 0 Å². The number of amides is 2. The number of halogens is 2. The molecule has 2 rings (SSSR count). The molecule has 0 atom stereocenters. The zero-order valence-corrected chi connectivity index (χ0v) is 12.3. The van der Waals surface area contributed by atoms with Gasteiger partial charge in [-0.3, -0.25) is 9.59 Å². The van der Waals surface area contributed by atoms with Crippen LogP contribution < -0.4 is 5.73 Å². The SMILES string of the molecule is NC(=O)CCN(Cc1ccccc1)C(=O)c1cccc(F)c1F. The van der Waals surface area contributed by atoms with Crippen molar-refractivity contribution in [3.8, 4) is 0 Å². The second-order valence-corrected chi connectivity index (χ2v) is 5.03. The van der Waals surface area contributed by atoms with Crippen LogP contribution in [-0.2, 0) is 11.3 Å². The van der Waals surface area contributed by atoms with E-state index in [1.807, 2.05) is 6.07 Å². The fourth-order valence-electron chi connectivity index (χ4n) is 2.14. The Morgan fingerprint density at radius 3 is 2.35 bits per heavy atom. The predicted octanol–water partition coefficient (Wildman–Crippen LogP) is 2.48. The summed E-state index contributed by atoms with van der Waals surface area (Å²) in [5.41, 5.74) is 5.55. The van der Waals surface area contributed by atoms with E-state index in [0.29, 0.717) is 0 Å². The Kier molecular flexibility index (Phi) is 5.41.